The third-order valence-electron chi connectivity index (χ3n) is 2.91. The van der Waals surface area contributed by atoms with Crippen LogP contribution in [0.1, 0.15) is 10.4 Å². The third kappa shape index (κ3) is 5.07. The fourth-order valence-corrected chi connectivity index (χ4v) is 2.59. The van der Waals surface area contributed by atoms with E-state index in [1.54, 1.807) is 30.8 Å². The molecule has 112 valence electrons. The van der Waals surface area contributed by atoms with E-state index < -0.39 is 0 Å². The van der Waals surface area contributed by atoms with Crippen LogP contribution in [0.4, 0.5) is 0 Å². The van der Waals surface area contributed by atoms with Gasteiger partial charge in [-0.3, -0.25) is 9.98 Å². The molecule has 2 rings (SSSR count). The zero-order chi connectivity index (χ0) is 14.9. The van der Waals surface area contributed by atoms with Crippen molar-refractivity contribution in [3.05, 3.63) is 46.4 Å². The summed E-state index contributed by atoms with van der Waals surface area (Å²) in [5.74, 6) is 1.55. The first kappa shape index (κ1) is 15.3. The van der Waals surface area contributed by atoms with Crippen LogP contribution in [0.2, 0.25) is 0 Å². The summed E-state index contributed by atoms with van der Waals surface area (Å²) in [4.78, 5) is 9.52. The molecule has 2 N–H and O–H groups in total. The van der Waals surface area contributed by atoms with E-state index in [1.807, 2.05) is 12.1 Å². The Balaban J connectivity index is 1.67. The molecule has 0 radical (unpaired) electrons. The van der Waals surface area contributed by atoms with Crippen LogP contribution in [0.5, 0.6) is 5.75 Å². The summed E-state index contributed by atoms with van der Waals surface area (Å²) in [6, 6.07) is 5.87. The number of aliphatic imine (C=N–C) groups is 1. The molecule has 0 aliphatic rings. The molecule has 2 aromatic rings. The number of aromatic nitrogens is 1. The van der Waals surface area contributed by atoms with E-state index in [2.05, 4.69) is 39.0 Å². The Labute approximate surface area is 129 Å². The second-order valence-electron chi connectivity index (χ2n) is 4.42. The molecule has 0 amide bonds. The van der Waals surface area contributed by atoms with Crippen LogP contribution in [-0.2, 0) is 6.54 Å². The van der Waals surface area contributed by atoms with Crippen LogP contribution in [0, 0.1) is 6.92 Å². The molecule has 0 fully saturated rings. The smallest absolute Gasteiger partial charge is 0.191 e. The van der Waals surface area contributed by atoms with Gasteiger partial charge in [0.05, 0.1) is 19.3 Å². The molecule has 0 saturated carbocycles. The molecule has 5 nitrogen and oxygen atoms in total. The Morgan fingerprint density at radius 1 is 1.38 bits per heavy atom. The Bertz CT molecular complexity index is 568. The van der Waals surface area contributed by atoms with Crippen LogP contribution < -0.4 is 15.4 Å². The molecule has 0 aliphatic carbocycles. The van der Waals surface area contributed by atoms with E-state index in [-0.39, 0.29) is 0 Å². The number of hydrogen-bond donors (Lipinski definition) is 2. The maximum Gasteiger partial charge on any atom is 0.191 e. The zero-order valence-corrected chi connectivity index (χ0v) is 13.1. The van der Waals surface area contributed by atoms with E-state index in [9.17, 15) is 0 Å². The number of rotatable bonds is 6. The van der Waals surface area contributed by atoms with Gasteiger partial charge in [0.25, 0.3) is 0 Å². The highest BCUT2D eigenvalue weighted by Gasteiger charge is 2.02. The van der Waals surface area contributed by atoms with Crippen molar-refractivity contribution in [3.8, 4) is 5.75 Å². The van der Waals surface area contributed by atoms with Gasteiger partial charge in [-0.15, -0.1) is 11.3 Å². The Hall–Kier alpha value is -2.08. The van der Waals surface area contributed by atoms with Crippen LogP contribution in [0.25, 0.3) is 0 Å². The van der Waals surface area contributed by atoms with Gasteiger partial charge in [-0.2, -0.15) is 0 Å². The summed E-state index contributed by atoms with van der Waals surface area (Å²) in [5, 5.41) is 8.61. The van der Waals surface area contributed by atoms with E-state index in [0.717, 1.165) is 18.3 Å². The molecule has 2 aromatic heterocycles. The monoisotopic (exact) mass is 304 g/mol. The maximum atomic E-state index is 5.56. The summed E-state index contributed by atoms with van der Waals surface area (Å²) in [5.41, 5.74) is 1.31. The van der Waals surface area contributed by atoms with Gasteiger partial charge in [0, 0.05) is 18.1 Å². The summed E-state index contributed by atoms with van der Waals surface area (Å²) in [6.07, 6.45) is 3.43. The van der Waals surface area contributed by atoms with Crippen molar-refractivity contribution >= 4 is 17.3 Å². The summed E-state index contributed by atoms with van der Waals surface area (Å²) in [6.45, 7) is 4.14. The van der Waals surface area contributed by atoms with Crippen molar-refractivity contribution in [2.75, 3.05) is 20.2 Å². The molecule has 0 aliphatic heterocycles. The fourth-order valence-electron chi connectivity index (χ4n) is 1.74. The Kier molecular flexibility index (Phi) is 6.02. The first-order valence-electron chi connectivity index (χ1n) is 6.80. The van der Waals surface area contributed by atoms with Gasteiger partial charge < -0.3 is 15.4 Å². The molecule has 0 saturated heterocycles. The molecule has 0 unspecified atom stereocenters. The lowest BCUT2D eigenvalue weighted by atomic mass is 10.3. The quantitative estimate of drug-likeness (QED) is 0.488. The second-order valence-corrected chi connectivity index (χ2v) is 5.42. The van der Waals surface area contributed by atoms with Gasteiger partial charge >= 0.3 is 0 Å². The molecular weight excluding hydrogens is 284 g/mol. The highest BCUT2D eigenvalue weighted by molar-refractivity contribution is 7.10. The van der Waals surface area contributed by atoms with Crippen molar-refractivity contribution in [2.24, 2.45) is 4.99 Å². The fraction of sp³-hybridized carbons (Fsp3) is 0.333. The van der Waals surface area contributed by atoms with Crippen molar-refractivity contribution < 1.29 is 4.74 Å². The van der Waals surface area contributed by atoms with E-state index in [1.165, 1.54) is 10.4 Å². The minimum Gasteiger partial charge on any atom is -0.490 e. The number of hydrogen-bond acceptors (Lipinski definition) is 4. The molecule has 21 heavy (non-hydrogen) atoms. The summed E-state index contributed by atoms with van der Waals surface area (Å²) >= 11 is 1.75. The van der Waals surface area contributed by atoms with E-state index in [4.69, 9.17) is 4.74 Å². The number of thiophene rings is 1. The molecular formula is C15H20N4OS. The second kappa shape index (κ2) is 8.26. The van der Waals surface area contributed by atoms with Gasteiger partial charge in [-0.05, 0) is 36.1 Å². The molecule has 0 bridgehead atoms. The average Bonchev–Trinajstić information content (AvgIpc) is 2.93. The van der Waals surface area contributed by atoms with Gasteiger partial charge in [-0.25, -0.2) is 0 Å². The van der Waals surface area contributed by atoms with Gasteiger partial charge in [-0.1, -0.05) is 0 Å². The summed E-state index contributed by atoms with van der Waals surface area (Å²) < 4.78 is 5.56. The average molecular weight is 304 g/mol. The first-order valence-corrected chi connectivity index (χ1v) is 7.68. The van der Waals surface area contributed by atoms with Crippen LogP contribution in [-0.4, -0.2) is 31.1 Å². The highest BCUT2D eigenvalue weighted by atomic mass is 32.1. The lowest BCUT2D eigenvalue weighted by molar-refractivity contribution is 0.320. The largest absolute Gasteiger partial charge is 0.490 e. The zero-order valence-electron chi connectivity index (χ0n) is 12.3. The third-order valence-corrected chi connectivity index (χ3v) is 3.93. The number of guanidine groups is 1. The Morgan fingerprint density at radius 2 is 2.29 bits per heavy atom. The van der Waals surface area contributed by atoms with Crippen molar-refractivity contribution in [1.29, 1.82) is 0 Å². The SMILES string of the molecule is CN=C(NCCOc1cccnc1)NCc1sccc1C. The van der Waals surface area contributed by atoms with Crippen LogP contribution in [0.3, 0.4) is 0 Å². The molecule has 0 atom stereocenters. The molecule has 2 heterocycles. The van der Waals surface area contributed by atoms with Gasteiger partial charge in [0.15, 0.2) is 5.96 Å². The minimum absolute atomic E-state index is 0.560. The van der Waals surface area contributed by atoms with Gasteiger partial charge in [0.1, 0.15) is 12.4 Å². The normalized spacial score (nSPS) is 11.2. The van der Waals surface area contributed by atoms with Crippen LogP contribution >= 0.6 is 11.3 Å². The van der Waals surface area contributed by atoms with E-state index in [0.29, 0.717) is 13.2 Å². The van der Waals surface area contributed by atoms with E-state index >= 15 is 0 Å². The predicted molar refractivity (Wildman–Crippen MR) is 87.0 cm³/mol. The van der Waals surface area contributed by atoms with Crippen molar-refractivity contribution in [2.45, 2.75) is 13.5 Å². The topological polar surface area (TPSA) is 58.5 Å². The minimum atomic E-state index is 0.560. The number of nitrogens with zero attached hydrogens (tertiary/aromatic N) is 2. The van der Waals surface area contributed by atoms with Crippen LogP contribution in [0.15, 0.2) is 41.0 Å². The van der Waals surface area contributed by atoms with Crippen molar-refractivity contribution in [3.63, 3.8) is 0 Å². The van der Waals surface area contributed by atoms with Gasteiger partial charge in [0.2, 0.25) is 0 Å². The number of nitrogens with one attached hydrogen (secondary N) is 2. The lowest BCUT2D eigenvalue weighted by Gasteiger charge is -2.12. The first-order chi connectivity index (χ1) is 10.3. The highest BCUT2D eigenvalue weighted by Crippen LogP contribution is 2.14. The molecule has 0 aromatic carbocycles. The van der Waals surface area contributed by atoms with Crippen molar-refractivity contribution in [1.82, 2.24) is 15.6 Å². The maximum absolute atomic E-state index is 5.56. The number of ether oxygens (including phenoxy) is 1. The molecule has 0 spiro atoms. The number of aryl methyl sites for hydroxylation is 1. The standard InChI is InChI=1S/C15H20N4OS/c1-12-5-9-21-14(12)11-19-15(16-2)18-7-8-20-13-4-3-6-17-10-13/h3-6,9-10H,7-8,11H2,1-2H3,(H2,16,18,19). The Morgan fingerprint density at radius 3 is 2.95 bits per heavy atom. The summed E-state index contributed by atoms with van der Waals surface area (Å²) in [7, 11) is 1.76. The lowest BCUT2D eigenvalue weighted by Crippen LogP contribution is -2.38. The predicted octanol–water partition coefficient (Wildman–Crippen LogP) is 2.20. The number of pyridine rings is 1. The molecule has 6 heteroatoms.